The van der Waals surface area contributed by atoms with Crippen molar-refractivity contribution in [2.45, 2.75) is 23.8 Å². The number of likely N-dealkylation sites (tertiary alicyclic amines) is 1. The lowest BCUT2D eigenvalue weighted by Crippen LogP contribution is -2.38. The van der Waals surface area contributed by atoms with Crippen molar-refractivity contribution in [2.75, 3.05) is 26.0 Å². The van der Waals surface area contributed by atoms with E-state index in [9.17, 15) is 13.2 Å². The van der Waals surface area contributed by atoms with Gasteiger partial charge in [0.2, 0.25) is 0 Å². The Morgan fingerprint density at radius 3 is 2.90 bits per heavy atom. The Bertz CT molecular complexity index is 614. The first-order chi connectivity index (χ1) is 9.94. The molecule has 6 nitrogen and oxygen atoms in total. The number of carboxylic acids is 1. The van der Waals surface area contributed by atoms with Crippen molar-refractivity contribution in [3.8, 4) is 5.75 Å². The van der Waals surface area contributed by atoms with Gasteiger partial charge in [0.1, 0.15) is 11.8 Å². The zero-order chi connectivity index (χ0) is 15.5. The number of hydrogen-bond donors (Lipinski definition) is 1. The van der Waals surface area contributed by atoms with Crippen molar-refractivity contribution in [1.82, 2.24) is 4.90 Å². The summed E-state index contributed by atoms with van der Waals surface area (Å²) in [6.45, 7) is 0.862. The van der Waals surface area contributed by atoms with E-state index in [0.29, 0.717) is 18.7 Å². The summed E-state index contributed by atoms with van der Waals surface area (Å²) in [6.07, 6.45) is 1.37. The summed E-state index contributed by atoms with van der Waals surface area (Å²) in [5.74, 6) is -0.490. The van der Waals surface area contributed by atoms with Gasteiger partial charge in [-0.2, -0.15) is 0 Å². The highest BCUT2D eigenvalue weighted by molar-refractivity contribution is 7.91. The Balaban J connectivity index is 2.06. The number of ether oxygens (including phenoxy) is 1. The maximum Gasteiger partial charge on any atom is 0.320 e. The van der Waals surface area contributed by atoms with E-state index in [1.165, 1.54) is 19.2 Å². The third-order valence-corrected chi connectivity index (χ3v) is 5.39. The molecule has 1 N–H and O–H groups in total. The molecule has 1 aromatic rings. The molecule has 0 saturated carbocycles. The van der Waals surface area contributed by atoms with E-state index in [4.69, 9.17) is 9.84 Å². The van der Waals surface area contributed by atoms with E-state index in [1.807, 2.05) is 0 Å². The predicted octanol–water partition coefficient (Wildman–Crippen LogP) is 1.02. The Morgan fingerprint density at radius 1 is 1.48 bits per heavy atom. The first kappa shape index (κ1) is 15.8. The van der Waals surface area contributed by atoms with Crippen molar-refractivity contribution >= 4 is 15.8 Å². The molecule has 1 aliphatic heterocycles. The molecule has 116 valence electrons. The Kier molecular flexibility index (Phi) is 4.84. The van der Waals surface area contributed by atoms with Gasteiger partial charge in [-0.1, -0.05) is 6.07 Å². The van der Waals surface area contributed by atoms with Crippen LogP contribution in [0, 0.1) is 0 Å². The first-order valence-corrected chi connectivity index (χ1v) is 8.43. The zero-order valence-electron chi connectivity index (χ0n) is 11.9. The third kappa shape index (κ3) is 3.74. The summed E-state index contributed by atoms with van der Waals surface area (Å²) in [4.78, 5) is 13.0. The SMILES string of the molecule is COc1cccc(S(=O)(=O)CCN2CCCC2C(=O)O)c1. The molecule has 21 heavy (non-hydrogen) atoms. The lowest BCUT2D eigenvalue weighted by molar-refractivity contribution is -0.142. The Morgan fingerprint density at radius 2 is 2.24 bits per heavy atom. The second kappa shape index (κ2) is 6.44. The number of carboxylic acid groups (broad SMARTS) is 1. The van der Waals surface area contributed by atoms with Crippen molar-refractivity contribution in [3.63, 3.8) is 0 Å². The average Bonchev–Trinajstić information content (AvgIpc) is 2.94. The van der Waals surface area contributed by atoms with Crippen LogP contribution in [-0.2, 0) is 14.6 Å². The number of aliphatic carboxylic acids is 1. The monoisotopic (exact) mass is 313 g/mol. The van der Waals surface area contributed by atoms with Crippen LogP contribution < -0.4 is 4.74 Å². The fraction of sp³-hybridized carbons (Fsp3) is 0.500. The highest BCUT2D eigenvalue weighted by atomic mass is 32.2. The van der Waals surface area contributed by atoms with Gasteiger partial charge in [-0.3, -0.25) is 9.69 Å². The molecule has 1 fully saturated rings. The second-order valence-corrected chi connectivity index (χ2v) is 7.14. The molecule has 1 aliphatic rings. The summed E-state index contributed by atoms with van der Waals surface area (Å²) < 4.78 is 29.6. The fourth-order valence-electron chi connectivity index (χ4n) is 2.52. The third-order valence-electron chi connectivity index (χ3n) is 3.70. The first-order valence-electron chi connectivity index (χ1n) is 6.78. The second-order valence-electron chi connectivity index (χ2n) is 5.03. The molecule has 2 rings (SSSR count). The lowest BCUT2D eigenvalue weighted by atomic mass is 10.2. The minimum Gasteiger partial charge on any atom is -0.497 e. The molecule has 1 unspecified atom stereocenters. The summed E-state index contributed by atoms with van der Waals surface area (Å²) in [5.41, 5.74) is 0. The summed E-state index contributed by atoms with van der Waals surface area (Å²) in [6, 6.07) is 5.75. The van der Waals surface area contributed by atoms with Crippen molar-refractivity contribution in [1.29, 1.82) is 0 Å². The molecule has 1 heterocycles. The molecule has 1 aromatic carbocycles. The molecular weight excluding hydrogens is 294 g/mol. The quantitative estimate of drug-likeness (QED) is 0.844. The topological polar surface area (TPSA) is 83.9 Å². The molecule has 1 saturated heterocycles. The molecular formula is C14H19NO5S. The Hall–Kier alpha value is -1.60. The standard InChI is InChI=1S/C14H19NO5S/c1-20-11-4-2-5-12(10-11)21(18,19)9-8-15-7-3-6-13(15)14(16)17/h2,4-5,10,13H,3,6-9H2,1H3,(H,16,17). The number of hydrogen-bond acceptors (Lipinski definition) is 5. The molecule has 0 aromatic heterocycles. The van der Waals surface area contributed by atoms with Gasteiger partial charge in [-0.25, -0.2) is 8.42 Å². The maximum absolute atomic E-state index is 12.3. The van der Waals surface area contributed by atoms with Gasteiger partial charge in [0.25, 0.3) is 0 Å². The maximum atomic E-state index is 12.3. The van der Waals surface area contributed by atoms with Crippen molar-refractivity contribution < 1.29 is 23.1 Å². The number of methoxy groups -OCH3 is 1. The summed E-state index contributed by atoms with van der Waals surface area (Å²) >= 11 is 0. The van der Waals surface area contributed by atoms with Crippen LogP contribution in [0.3, 0.4) is 0 Å². The minimum absolute atomic E-state index is 0.0933. The minimum atomic E-state index is -3.44. The van der Waals surface area contributed by atoms with Crippen LogP contribution in [0.2, 0.25) is 0 Å². The van der Waals surface area contributed by atoms with Gasteiger partial charge in [0.15, 0.2) is 9.84 Å². The van der Waals surface area contributed by atoms with Gasteiger partial charge in [0, 0.05) is 6.54 Å². The van der Waals surface area contributed by atoms with E-state index in [1.54, 1.807) is 17.0 Å². The lowest BCUT2D eigenvalue weighted by Gasteiger charge is -2.20. The predicted molar refractivity (Wildman–Crippen MR) is 77.3 cm³/mol. The number of carbonyl (C=O) groups is 1. The zero-order valence-corrected chi connectivity index (χ0v) is 12.7. The van der Waals surface area contributed by atoms with Crippen LogP contribution in [0.25, 0.3) is 0 Å². The van der Waals surface area contributed by atoms with Crippen molar-refractivity contribution in [3.05, 3.63) is 24.3 Å². The van der Waals surface area contributed by atoms with Crippen LogP contribution in [0.5, 0.6) is 5.75 Å². The number of rotatable bonds is 6. The van der Waals surface area contributed by atoms with E-state index >= 15 is 0 Å². The van der Waals surface area contributed by atoms with E-state index in [0.717, 1.165) is 6.42 Å². The van der Waals surface area contributed by atoms with Crippen LogP contribution in [0.4, 0.5) is 0 Å². The highest BCUT2D eigenvalue weighted by Gasteiger charge is 2.31. The fourth-order valence-corrected chi connectivity index (χ4v) is 3.82. The average molecular weight is 313 g/mol. The van der Waals surface area contributed by atoms with Gasteiger partial charge in [0.05, 0.1) is 17.8 Å². The largest absolute Gasteiger partial charge is 0.497 e. The van der Waals surface area contributed by atoms with Gasteiger partial charge in [-0.15, -0.1) is 0 Å². The van der Waals surface area contributed by atoms with Gasteiger partial charge >= 0.3 is 5.97 Å². The molecule has 7 heteroatoms. The number of sulfone groups is 1. The van der Waals surface area contributed by atoms with E-state index < -0.39 is 21.8 Å². The van der Waals surface area contributed by atoms with Gasteiger partial charge < -0.3 is 9.84 Å². The Labute approximate surface area is 124 Å². The summed E-state index contributed by atoms with van der Waals surface area (Å²) in [5, 5.41) is 9.09. The molecule has 1 atom stereocenters. The smallest absolute Gasteiger partial charge is 0.320 e. The highest BCUT2D eigenvalue weighted by Crippen LogP contribution is 2.21. The van der Waals surface area contributed by atoms with E-state index in [2.05, 4.69) is 0 Å². The number of nitrogens with zero attached hydrogens (tertiary/aromatic N) is 1. The molecule has 0 bridgehead atoms. The molecule has 0 spiro atoms. The van der Waals surface area contributed by atoms with E-state index in [-0.39, 0.29) is 17.2 Å². The summed E-state index contributed by atoms with van der Waals surface area (Å²) in [7, 11) is -1.96. The van der Waals surface area contributed by atoms with Gasteiger partial charge in [-0.05, 0) is 37.6 Å². The molecule has 0 amide bonds. The molecule has 0 aliphatic carbocycles. The van der Waals surface area contributed by atoms with Crippen LogP contribution in [-0.4, -0.2) is 56.4 Å². The normalized spacial score (nSPS) is 19.6. The molecule has 0 radical (unpaired) electrons. The van der Waals surface area contributed by atoms with Crippen LogP contribution in [0.1, 0.15) is 12.8 Å². The van der Waals surface area contributed by atoms with Crippen molar-refractivity contribution in [2.24, 2.45) is 0 Å². The van der Waals surface area contributed by atoms with Crippen LogP contribution >= 0.6 is 0 Å². The van der Waals surface area contributed by atoms with Crippen LogP contribution in [0.15, 0.2) is 29.2 Å². The number of benzene rings is 1.